The summed E-state index contributed by atoms with van der Waals surface area (Å²) in [5.41, 5.74) is 1.04. The lowest BCUT2D eigenvalue weighted by molar-refractivity contribution is 0.284. The van der Waals surface area contributed by atoms with Crippen molar-refractivity contribution in [2.24, 2.45) is 0 Å². The number of anilines is 1. The van der Waals surface area contributed by atoms with Gasteiger partial charge >= 0.3 is 0 Å². The maximum Gasteiger partial charge on any atom is 0.161 e. The van der Waals surface area contributed by atoms with E-state index in [2.05, 4.69) is 5.32 Å². The van der Waals surface area contributed by atoms with E-state index in [1.807, 2.05) is 55.5 Å². The Labute approximate surface area is 125 Å². The van der Waals surface area contributed by atoms with E-state index in [4.69, 9.17) is 14.2 Å². The summed E-state index contributed by atoms with van der Waals surface area (Å²) >= 11 is 0. The molecule has 0 saturated carbocycles. The van der Waals surface area contributed by atoms with Gasteiger partial charge in [-0.1, -0.05) is 12.1 Å². The second-order valence-corrected chi connectivity index (χ2v) is 4.38. The molecule has 4 nitrogen and oxygen atoms in total. The molecule has 0 heterocycles. The van der Waals surface area contributed by atoms with Crippen molar-refractivity contribution in [2.45, 2.75) is 6.92 Å². The van der Waals surface area contributed by atoms with Gasteiger partial charge in [-0.3, -0.25) is 0 Å². The van der Waals surface area contributed by atoms with Crippen molar-refractivity contribution in [3.8, 4) is 17.2 Å². The Kier molecular flexibility index (Phi) is 5.76. The van der Waals surface area contributed by atoms with Gasteiger partial charge in [-0.25, -0.2) is 0 Å². The Balaban J connectivity index is 1.79. The van der Waals surface area contributed by atoms with Gasteiger partial charge in [0.1, 0.15) is 12.4 Å². The SMILES string of the molecule is CCOc1ccccc1OCCNc1ccc(OC)cc1. The highest BCUT2D eigenvalue weighted by atomic mass is 16.5. The van der Waals surface area contributed by atoms with Crippen LogP contribution in [0.1, 0.15) is 6.92 Å². The first-order valence-electron chi connectivity index (χ1n) is 7.06. The van der Waals surface area contributed by atoms with Gasteiger partial charge in [-0.15, -0.1) is 0 Å². The maximum atomic E-state index is 5.74. The number of rotatable bonds is 8. The summed E-state index contributed by atoms with van der Waals surface area (Å²) in [6.45, 7) is 3.87. The molecule has 0 spiro atoms. The highest BCUT2D eigenvalue weighted by molar-refractivity contribution is 5.46. The average molecular weight is 287 g/mol. The second kappa shape index (κ2) is 8.04. The fourth-order valence-electron chi connectivity index (χ4n) is 1.91. The van der Waals surface area contributed by atoms with E-state index in [1.165, 1.54) is 0 Å². The van der Waals surface area contributed by atoms with Crippen LogP contribution in [0.2, 0.25) is 0 Å². The third-order valence-corrected chi connectivity index (χ3v) is 2.93. The van der Waals surface area contributed by atoms with Crippen molar-refractivity contribution < 1.29 is 14.2 Å². The minimum Gasteiger partial charge on any atom is -0.497 e. The molecule has 2 aromatic rings. The number of hydrogen-bond acceptors (Lipinski definition) is 4. The molecule has 0 bridgehead atoms. The number of para-hydroxylation sites is 2. The number of nitrogens with one attached hydrogen (secondary N) is 1. The highest BCUT2D eigenvalue weighted by Crippen LogP contribution is 2.26. The number of hydrogen-bond donors (Lipinski definition) is 1. The lowest BCUT2D eigenvalue weighted by atomic mass is 10.3. The van der Waals surface area contributed by atoms with Crippen LogP contribution in [-0.4, -0.2) is 26.9 Å². The Morgan fingerprint density at radius 2 is 1.57 bits per heavy atom. The van der Waals surface area contributed by atoms with Crippen LogP contribution < -0.4 is 19.5 Å². The molecule has 4 heteroatoms. The zero-order chi connectivity index (χ0) is 14.9. The van der Waals surface area contributed by atoms with Crippen LogP contribution in [0.25, 0.3) is 0 Å². The molecule has 0 unspecified atom stereocenters. The molecule has 0 aliphatic rings. The normalized spacial score (nSPS) is 10.0. The molecule has 2 rings (SSSR count). The van der Waals surface area contributed by atoms with Gasteiger partial charge in [0.2, 0.25) is 0 Å². The molecule has 0 aliphatic heterocycles. The summed E-state index contributed by atoms with van der Waals surface area (Å²) in [6.07, 6.45) is 0. The molecule has 21 heavy (non-hydrogen) atoms. The van der Waals surface area contributed by atoms with E-state index in [-0.39, 0.29) is 0 Å². The summed E-state index contributed by atoms with van der Waals surface area (Å²) in [7, 11) is 1.66. The van der Waals surface area contributed by atoms with Crippen molar-refractivity contribution in [3.63, 3.8) is 0 Å². The summed E-state index contributed by atoms with van der Waals surface area (Å²) < 4.78 is 16.4. The number of methoxy groups -OCH3 is 1. The smallest absolute Gasteiger partial charge is 0.161 e. The molecule has 0 fully saturated rings. The molecule has 0 amide bonds. The first kappa shape index (κ1) is 15.0. The summed E-state index contributed by atoms with van der Waals surface area (Å²) in [4.78, 5) is 0. The molecule has 0 aliphatic carbocycles. The van der Waals surface area contributed by atoms with Crippen molar-refractivity contribution in [1.29, 1.82) is 0 Å². The Morgan fingerprint density at radius 1 is 0.905 bits per heavy atom. The van der Waals surface area contributed by atoms with Gasteiger partial charge in [0.25, 0.3) is 0 Å². The van der Waals surface area contributed by atoms with Crippen molar-refractivity contribution in [2.75, 3.05) is 32.2 Å². The van der Waals surface area contributed by atoms with Crippen LogP contribution in [0.3, 0.4) is 0 Å². The maximum absolute atomic E-state index is 5.74. The topological polar surface area (TPSA) is 39.7 Å². The van der Waals surface area contributed by atoms with Gasteiger partial charge in [0, 0.05) is 12.2 Å². The molecule has 2 aromatic carbocycles. The quantitative estimate of drug-likeness (QED) is 0.753. The summed E-state index contributed by atoms with van der Waals surface area (Å²) in [5.74, 6) is 2.41. The minimum atomic E-state index is 0.566. The number of ether oxygens (including phenoxy) is 3. The highest BCUT2D eigenvalue weighted by Gasteiger charge is 2.02. The Bertz CT molecular complexity index is 540. The molecular formula is C17H21NO3. The van der Waals surface area contributed by atoms with Crippen molar-refractivity contribution >= 4 is 5.69 Å². The van der Waals surface area contributed by atoms with Crippen LogP contribution >= 0.6 is 0 Å². The lowest BCUT2D eigenvalue weighted by Crippen LogP contribution is -2.12. The standard InChI is InChI=1S/C17H21NO3/c1-3-20-16-6-4-5-7-17(16)21-13-12-18-14-8-10-15(19-2)11-9-14/h4-11,18H,3,12-13H2,1-2H3. The molecule has 0 radical (unpaired) electrons. The monoisotopic (exact) mass is 287 g/mol. The van der Waals surface area contributed by atoms with Gasteiger partial charge < -0.3 is 19.5 Å². The fraction of sp³-hybridized carbons (Fsp3) is 0.294. The van der Waals surface area contributed by atoms with Crippen LogP contribution in [0.5, 0.6) is 17.2 Å². The van der Waals surface area contributed by atoms with Crippen LogP contribution in [0, 0.1) is 0 Å². The molecular weight excluding hydrogens is 266 g/mol. The zero-order valence-corrected chi connectivity index (χ0v) is 12.5. The fourth-order valence-corrected chi connectivity index (χ4v) is 1.91. The molecule has 0 atom stereocenters. The third kappa shape index (κ3) is 4.60. The van der Waals surface area contributed by atoms with E-state index >= 15 is 0 Å². The molecule has 1 N–H and O–H groups in total. The van der Waals surface area contributed by atoms with E-state index in [1.54, 1.807) is 7.11 Å². The van der Waals surface area contributed by atoms with Gasteiger partial charge in [-0.2, -0.15) is 0 Å². The van der Waals surface area contributed by atoms with E-state index in [9.17, 15) is 0 Å². The zero-order valence-electron chi connectivity index (χ0n) is 12.5. The van der Waals surface area contributed by atoms with Crippen LogP contribution in [-0.2, 0) is 0 Å². The molecule has 0 aromatic heterocycles. The predicted molar refractivity (Wildman–Crippen MR) is 84.6 cm³/mol. The van der Waals surface area contributed by atoms with Gasteiger partial charge in [0.15, 0.2) is 11.5 Å². The first-order chi connectivity index (χ1) is 10.3. The average Bonchev–Trinajstić information content (AvgIpc) is 2.54. The Morgan fingerprint density at radius 3 is 2.19 bits per heavy atom. The lowest BCUT2D eigenvalue weighted by Gasteiger charge is -2.12. The predicted octanol–water partition coefficient (Wildman–Crippen LogP) is 3.58. The summed E-state index contributed by atoms with van der Waals surface area (Å²) in [5, 5.41) is 3.30. The first-order valence-corrected chi connectivity index (χ1v) is 7.06. The van der Waals surface area contributed by atoms with Crippen molar-refractivity contribution in [1.82, 2.24) is 0 Å². The van der Waals surface area contributed by atoms with Crippen LogP contribution in [0.15, 0.2) is 48.5 Å². The van der Waals surface area contributed by atoms with Gasteiger partial charge in [-0.05, 0) is 43.3 Å². The number of benzene rings is 2. The molecule has 0 saturated heterocycles. The largest absolute Gasteiger partial charge is 0.497 e. The Hall–Kier alpha value is -2.36. The summed E-state index contributed by atoms with van der Waals surface area (Å²) in [6, 6.07) is 15.5. The van der Waals surface area contributed by atoms with E-state index < -0.39 is 0 Å². The van der Waals surface area contributed by atoms with E-state index in [0.717, 1.165) is 22.9 Å². The van der Waals surface area contributed by atoms with Gasteiger partial charge in [0.05, 0.1) is 13.7 Å². The van der Waals surface area contributed by atoms with Crippen LogP contribution in [0.4, 0.5) is 5.69 Å². The second-order valence-electron chi connectivity index (χ2n) is 4.38. The van der Waals surface area contributed by atoms with Crippen molar-refractivity contribution in [3.05, 3.63) is 48.5 Å². The van der Waals surface area contributed by atoms with E-state index in [0.29, 0.717) is 19.8 Å². The third-order valence-electron chi connectivity index (χ3n) is 2.93. The molecule has 112 valence electrons. The minimum absolute atomic E-state index is 0.566.